The van der Waals surface area contributed by atoms with Gasteiger partial charge >= 0.3 is 0 Å². The van der Waals surface area contributed by atoms with Crippen molar-refractivity contribution in [2.45, 2.75) is 26.2 Å². The number of nitrogens with two attached hydrogens (primary N) is 1. The minimum Gasteiger partial charge on any atom is -0.470 e. The van der Waals surface area contributed by atoms with Crippen molar-refractivity contribution in [3.63, 3.8) is 0 Å². The third-order valence-electron chi connectivity index (χ3n) is 3.63. The summed E-state index contributed by atoms with van der Waals surface area (Å²) in [5.41, 5.74) is 8.03. The highest BCUT2D eigenvalue weighted by Crippen LogP contribution is 2.23. The predicted octanol–water partition coefficient (Wildman–Crippen LogP) is 1.91. The monoisotopic (exact) mass is 359 g/mol. The molecule has 0 saturated heterocycles. The number of hydrogen-bond acceptors (Lipinski definition) is 7. The molecule has 0 aliphatic heterocycles. The quantitative estimate of drug-likeness (QED) is 0.740. The fourth-order valence-corrected chi connectivity index (χ4v) is 2.38. The van der Waals surface area contributed by atoms with Crippen molar-refractivity contribution in [3.8, 4) is 11.9 Å². The standard InChI is InChI=1S/C16H15F2N7O/c1-9-12(13(20)25-15(23-9)21-8-22-25)5-11-4-3-10(6-19)14(24-11)26-7-16(2,17)18/h3-4,8H,5,7,20H2,1-2H3. The van der Waals surface area contributed by atoms with E-state index < -0.39 is 12.5 Å². The molecule has 2 N–H and O–H groups in total. The molecule has 0 atom stereocenters. The smallest absolute Gasteiger partial charge is 0.278 e. The van der Waals surface area contributed by atoms with E-state index in [0.29, 0.717) is 28.5 Å². The highest BCUT2D eigenvalue weighted by Gasteiger charge is 2.23. The zero-order valence-electron chi connectivity index (χ0n) is 14.1. The minimum atomic E-state index is -3.03. The zero-order valence-corrected chi connectivity index (χ0v) is 14.1. The van der Waals surface area contributed by atoms with Gasteiger partial charge in [0, 0.05) is 30.3 Å². The number of nitrogen functional groups attached to an aromatic ring is 1. The number of pyridine rings is 1. The van der Waals surface area contributed by atoms with Gasteiger partial charge in [0.25, 0.3) is 11.7 Å². The number of alkyl halides is 2. The summed E-state index contributed by atoms with van der Waals surface area (Å²) in [6.45, 7) is 1.64. The lowest BCUT2D eigenvalue weighted by atomic mass is 10.1. The average Bonchev–Trinajstić information content (AvgIpc) is 3.04. The fourth-order valence-electron chi connectivity index (χ4n) is 2.38. The molecular formula is C16H15F2N7O. The third kappa shape index (κ3) is 3.51. The van der Waals surface area contributed by atoms with E-state index in [2.05, 4.69) is 20.1 Å². The van der Waals surface area contributed by atoms with E-state index in [1.165, 1.54) is 16.9 Å². The molecule has 134 valence electrons. The summed E-state index contributed by atoms with van der Waals surface area (Å²) in [4.78, 5) is 12.5. The SMILES string of the molecule is Cc1nc2ncnn2c(N)c1Cc1ccc(C#N)c(OCC(C)(F)F)n1. The maximum Gasteiger partial charge on any atom is 0.278 e. The Hall–Kier alpha value is -3.35. The molecule has 10 heteroatoms. The van der Waals surface area contributed by atoms with Crippen LogP contribution >= 0.6 is 0 Å². The molecule has 0 unspecified atom stereocenters. The second-order valence-corrected chi connectivity index (χ2v) is 5.84. The Balaban J connectivity index is 1.94. The lowest BCUT2D eigenvalue weighted by molar-refractivity contribution is -0.0243. The number of rotatable bonds is 5. The molecule has 0 fully saturated rings. The molecule has 3 heterocycles. The number of nitriles is 1. The highest BCUT2D eigenvalue weighted by molar-refractivity contribution is 5.51. The van der Waals surface area contributed by atoms with Crippen LogP contribution in [-0.2, 0) is 6.42 Å². The van der Waals surface area contributed by atoms with Gasteiger partial charge in [-0.15, -0.1) is 0 Å². The minimum absolute atomic E-state index is 0.0764. The summed E-state index contributed by atoms with van der Waals surface area (Å²) in [6, 6.07) is 4.96. The van der Waals surface area contributed by atoms with Crippen LogP contribution in [0.2, 0.25) is 0 Å². The summed E-state index contributed by atoms with van der Waals surface area (Å²) in [5.74, 6) is -2.44. The van der Waals surface area contributed by atoms with Crippen LogP contribution in [0.3, 0.4) is 0 Å². The summed E-state index contributed by atoms with van der Waals surface area (Å²) in [6.07, 6.45) is 1.61. The summed E-state index contributed by atoms with van der Waals surface area (Å²) in [7, 11) is 0. The third-order valence-corrected chi connectivity index (χ3v) is 3.63. The van der Waals surface area contributed by atoms with Crippen LogP contribution in [0.4, 0.5) is 14.6 Å². The maximum atomic E-state index is 13.0. The van der Waals surface area contributed by atoms with E-state index in [0.717, 1.165) is 6.92 Å². The molecule has 0 bridgehead atoms. The number of fused-ring (bicyclic) bond motifs is 1. The number of hydrogen-bond donors (Lipinski definition) is 1. The first-order chi connectivity index (χ1) is 12.3. The van der Waals surface area contributed by atoms with E-state index >= 15 is 0 Å². The van der Waals surface area contributed by atoms with E-state index in [4.69, 9.17) is 15.7 Å². The topological polar surface area (TPSA) is 115 Å². The van der Waals surface area contributed by atoms with Crippen LogP contribution in [0.5, 0.6) is 5.88 Å². The Labute approximate surface area is 147 Å². The van der Waals surface area contributed by atoms with E-state index in [9.17, 15) is 8.78 Å². The number of halogens is 2. The Bertz CT molecular complexity index is 1000. The first-order valence-corrected chi connectivity index (χ1v) is 7.64. The summed E-state index contributed by atoms with van der Waals surface area (Å²) >= 11 is 0. The number of nitrogens with zero attached hydrogens (tertiary/aromatic N) is 6. The van der Waals surface area contributed by atoms with Crippen LogP contribution in [-0.4, -0.2) is 37.1 Å². The largest absolute Gasteiger partial charge is 0.470 e. The molecule has 3 aromatic rings. The second kappa shape index (κ2) is 6.51. The van der Waals surface area contributed by atoms with Crippen molar-refractivity contribution in [1.29, 1.82) is 5.26 Å². The number of ether oxygens (including phenoxy) is 1. The normalized spacial score (nSPS) is 11.5. The van der Waals surface area contributed by atoms with Gasteiger partial charge < -0.3 is 10.5 Å². The Morgan fingerprint density at radius 1 is 1.35 bits per heavy atom. The van der Waals surface area contributed by atoms with Gasteiger partial charge in [-0.05, 0) is 19.1 Å². The van der Waals surface area contributed by atoms with Crippen molar-refractivity contribution >= 4 is 11.6 Å². The lowest BCUT2D eigenvalue weighted by Crippen LogP contribution is -2.21. The summed E-state index contributed by atoms with van der Waals surface area (Å²) < 4.78 is 32.5. The van der Waals surface area contributed by atoms with Crippen LogP contribution < -0.4 is 10.5 Å². The predicted molar refractivity (Wildman–Crippen MR) is 87.8 cm³/mol. The first kappa shape index (κ1) is 17.5. The Morgan fingerprint density at radius 2 is 2.12 bits per heavy atom. The molecule has 3 aromatic heterocycles. The van der Waals surface area contributed by atoms with Gasteiger partial charge in [-0.2, -0.15) is 19.9 Å². The van der Waals surface area contributed by atoms with Crippen LogP contribution in [0.15, 0.2) is 18.5 Å². The van der Waals surface area contributed by atoms with Gasteiger partial charge in [-0.25, -0.2) is 18.7 Å². The van der Waals surface area contributed by atoms with Gasteiger partial charge in [-0.3, -0.25) is 0 Å². The second-order valence-electron chi connectivity index (χ2n) is 5.84. The van der Waals surface area contributed by atoms with Crippen molar-refractivity contribution in [2.75, 3.05) is 12.3 Å². The lowest BCUT2D eigenvalue weighted by Gasteiger charge is -2.14. The van der Waals surface area contributed by atoms with Crippen LogP contribution in [0.25, 0.3) is 5.78 Å². The first-order valence-electron chi connectivity index (χ1n) is 7.64. The fraction of sp³-hybridized carbons (Fsp3) is 0.312. The van der Waals surface area contributed by atoms with Crippen molar-refractivity contribution in [2.24, 2.45) is 0 Å². The number of anilines is 1. The Kier molecular flexibility index (Phi) is 4.38. The summed E-state index contributed by atoms with van der Waals surface area (Å²) in [5, 5.41) is 13.1. The molecular weight excluding hydrogens is 344 g/mol. The molecule has 0 aromatic carbocycles. The van der Waals surface area contributed by atoms with E-state index in [1.807, 2.05) is 6.07 Å². The number of aromatic nitrogens is 5. The van der Waals surface area contributed by atoms with E-state index in [-0.39, 0.29) is 17.9 Å². The maximum absolute atomic E-state index is 13.0. The average molecular weight is 359 g/mol. The molecule has 26 heavy (non-hydrogen) atoms. The molecule has 0 aliphatic rings. The molecule has 0 saturated carbocycles. The van der Waals surface area contributed by atoms with Gasteiger partial charge in [-0.1, -0.05) is 0 Å². The molecule has 0 spiro atoms. The van der Waals surface area contributed by atoms with Crippen molar-refractivity contribution < 1.29 is 13.5 Å². The van der Waals surface area contributed by atoms with Gasteiger partial charge in [0.2, 0.25) is 5.88 Å². The van der Waals surface area contributed by atoms with Crippen molar-refractivity contribution in [1.82, 2.24) is 24.6 Å². The van der Waals surface area contributed by atoms with E-state index in [1.54, 1.807) is 13.0 Å². The zero-order chi connectivity index (χ0) is 18.9. The van der Waals surface area contributed by atoms with Crippen LogP contribution in [0, 0.1) is 18.3 Å². The van der Waals surface area contributed by atoms with Crippen molar-refractivity contribution in [3.05, 3.63) is 41.0 Å². The molecule has 0 radical (unpaired) electrons. The molecule has 0 amide bonds. The highest BCUT2D eigenvalue weighted by atomic mass is 19.3. The van der Waals surface area contributed by atoms with Crippen LogP contribution in [0.1, 0.15) is 29.4 Å². The molecule has 3 rings (SSSR count). The number of aryl methyl sites for hydroxylation is 1. The molecule has 8 nitrogen and oxygen atoms in total. The van der Waals surface area contributed by atoms with Gasteiger partial charge in [0.1, 0.15) is 23.8 Å². The van der Waals surface area contributed by atoms with Gasteiger partial charge in [0.15, 0.2) is 6.61 Å². The Morgan fingerprint density at radius 3 is 2.81 bits per heavy atom. The molecule has 0 aliphatic carbocycles. The van der Waals surface area contributed by atoms with Gasteiger partial charge in [0.05, 0.1) is 0 Å².